The average Bonchev–Trinajstić information content (AvgIpc) is 3.00. The summed E-state index contributed by atoms with van der Waals surface area (Å²) in [6.45, 7) is 2.14. The number of Topliss-reactive ketones (excluding diaryl/α,β-unsaturated/α-hetero) is 1. The normalized spacial score (nSPS) is 20.0. The maximum absolute atomic E-state index is 13.7. The van der Waals surface area contributed by atoms with Crippen LogP contribution in [0.15, 0.2) is 18.2 Å². The molecule has 1 aromatic heterocycles. The van der Waals surface area contributed by atoms with Crippen LogP contribution in [0.3, 0.4) is 0 Å². The largest absolute Gasteiger partial charge is 0.393 e. The molecule has 1 fully saturated rings. The van der Waals surface area contributed by atoms with E-state index in [1.807, 2.05) is 0 Å². The molecule has 0 bridgehead atoms. The first kappa shape index (κ1) is 21.5. The molecular formula is C22H23ClFN3O4. The van der Waals surface area contributed by atoms with Crippen LogP contribution in [-0.2, 0) is 17.8 Å². The third-order valence-electron chi connectivity index (χ3n) is 6.17. The molecule has 1 aliphatic heterocycles. The lowest BCUT2D eigenvalue weighted by Gasteiger charge is -2.40. The number of carbonyl (C=O) groups excluding carboxylic acids is 3. The van der Waals surface area contributed by atoms with Crippen molar-refractivity contribution in [3.63, 3.8) is 0 Å². The Morgan fingerprint density at radius 3 is 2.58 bits per heavy atom. The van der Waals surface area contributed by atoms with Crippen molar-refractivity contribution in [1.82, 2.24) is 4.57 Å². The number of carbonyl (C=O) groups is 3. The summed E-state index contributed by atoms with van der Waals surface area (Å²) in [5.41, 5.74) is 7.38. The summed E-state index contributed by atoms with van der Waals surface area (Å²) in [5.74, 6) is -2.85. The number of aliphatic hydroxyl groups is 1. The van der Waals surface area contributed by atoms with E-state index in [-0.39, 0.29) is 16.4 Å². The Kier molecular flexibility index (Phi) is 5.61. The number of rotatable bonds is 5. The fourth-order valence-corrected chi connectivity index (χ4v) is 4.78. The first-order valence-corrected chi connectivity index (χ1v) is 10.6. The molecule has 31 heavy (non-hydrogen) atoms. The molecular weight excluding hydrogens is 425 g/mol. The summed E-state index contributed by atoms with van der Waals surface area (Å²) >= 11 is 5.91. The summed E-state index contributed by atoms with van der Waals surface area (Å²) in [6, 6.07) is 3.39. The molecule has 4 rings (SSSR count). The van der Waals surface area contributed by atoms with Gasteiger partial charge in [-0.2, -0.15) is 0 Å². The van der Waals surface area contributed by atoms with Crippen LogP contribution >= 0.6 is 11.6 Å². The maximum atomic E-state index is 13.7. The van der Waals surface area contributed by atoms with Crippen molar-refractivity contribution in [2.45, 2.75) is 57.7 Å². The number of anilines is 1. The minimum Gasteiger partial charge on any atom is -0.393 e. The highest BCUT2D eigenvalue weighted by atomic mass is 35.5. The van der Waals surface area contributed by atoms with Crippen LogP contribution in [0.25, 0.3) is 0 Å². The molecule has 3 N–H and O–H groups in total. The number of aliphatic hydroxyl groups excluding tert-OH is 1. The van der Waals surface area contributed by atoms with Gasteiger partial charge in [-0.05, 0) is 62.8 Å². The first-order chi connectivity index (χ1) is 14.7. The molecule has 9 heteroatoms. The number of nitrogens with zero attached hydrogens (tertiary/aromatic N) is 2. The van der Waals surface area contributed by atoms with E-state index < -0.39 is 35.6 Å². The second-order valence-electron chi connectivity index (χ2n) is 8.15. The van der Waals surface area contributed by atoms with E-state index >= 15 is 0 Å². The smallest absolute Gasteiger partial charge is 0.301 e. The van der Waals surface area contributed by atoms with E-state index in [9.17, 15) is 23.9 Å². The van der Waals surface area contributed by atoms with Gasteiger partial charge in [0.2, 0.25) is 0 Å². The van der Waals surface area contributed by atoms with Crippen molar-refractivity contribution in [1.29, 1.82) is 0 Å². The van der Waals surface area contributed by atoms with E-state index in [4.69, 9.17) is 17.3 Å². The maximum Gasteiger partial charge on any atom is 0.301 e. The fraction of sp³-hybridized carbons (Fsp3) is 0.409. The number of ketones is 1. The zero-order chi connectivity index (χ0) is 22.4. The number of amides is 2. The lowest BCUT2D eigenvalue weighted by Crippen LogP contribution is -2.52. The lowest BCUT2D eigenvalue weighted by molar-refractivity contribution is -0.116. The molecule has 1 saturated carbocycles. The second-order valence-corrected chi connectivity index (χ2v) is 8.56. The fourth-order valence-electron chi connectivity index (χ4n) is 4.61. The van der Waals surface area contributed by atoms with Gasteiger partial charge in [0.1, 0.15) is 5.82 Å². The van der Waals surface area contributed by atoms with Gasteiger partial charge in [-0.15, -0.1) is 0 Å². The Hall–Kier alpha value is -2.71. The molecule has 0 radical (unpaired) electrons. The molecule has 1 aliphatic carbocycles. The van der Waals surface area contributed by atoms with Crippen LogP contribution in [0, 0.1) is 12.7 Å². The summed E-state index contributed by atoms with van der Waals surface area (Å²) in [4.78, 5) is 40.2. The third-order valence-corrected chi connectivity index (χ3v) is 6.46. The SMILES string of the molecule is Cc1c(C(N)=O)c2n(c1C(=O)C(=O)N(c1ccc(F)c(Cl)c1)C1CC(O)C1)CCCC2. The quantitative estimate of drug-likeness (QED) is 0.543. The number of benzene rings is 1. The molecule has 2 heterocycles. The summed E-state index contributed by atoms with van der Waals surface area (Å²) < 4.78 is 15.4. The van der Waals surface area contributed by atoms with Gasteiger partial charge in [0.05, 0.1) is 22.4 Å². The minimum atomic E-state index is -0.815. The van der Waals surface area contributed by atoms with Crippen LogP contribution in [0.5, 0.6) is 0 Å². The molecule has 2 aromatic rings. The molecule has 7 nitrogen and oxygen atoms in total. The van der Waals surface area contributed by atoms with E-state index in [2.05, 4.69) is 0 Å². The highest BCUT2D eigenvalue weighted by Gasteiger charge is 2.40. The zero-order valence-corrected chi connectivity index (χ0v) is 17.8. The van der Waals surface area contributed by atoms with Crippen LogP contribution in [0.4, 0.5) is 10.1 Å². The van der Waals surface area contributed by atoms with Gasteiger partial charge >= 0.3 is 5.91 Å². The lowest BCUT2D eigenvalue weighted by atomic mass is 9.87. The predicted molar refractivity (Wildman–Crippen MR) is 113 cm³/mol. The Morgan fingerprint density at radius 1 is 1.26 bits per heavy atom. The number of nitrogens with two attached hydrogens (primary N) is 1. The molecule has 164 valence electrons. The highest BCUT2D eigenvalue weighted by Crippen LogP contribution is 2.34. The van der Waals surface area contributed by atoms with Crippen molar-refractivity contribution >= 4 is 34.9 Å². The van der Waals surface area contributed by atoms with Crippen LogP contribution in [0.2, 0.25) is 5.02 Å². The van der Waals surface area contributed by atoms with Gasteiger partial charge in [-0.25, -0.2) is 4.39 Å². The predicted octanol–water partition coefficient (Wildman–Crippen LogP) is 2.76. The second kappa shape index (κ2) is 8.09. The molecule has 1 aromatic carbocycles. The molecule has 0 saturated heterocycles. The summed E-state index contributed by atoms with van der Waals surface area (Å²) in [5, 5.41) is 9.58. The van der Waals surface area contributed by atoms with Gasteiger partial charge in [0.15, 0.2) is 0 Å². The Labute approximate surface area is 183 Å². The third kappa shape index (κ3) is 3.64. The number of primary amides is 1. The van der Waals surface area contributed by atoms with Crippen molar-refractivity contribution in [3.8, 4) is 0 Å². The van der Waals surface area contributed by atoms with E-state index in [1.54, 1.807) is 11.5 Å². The van der Waals surface area contributed by atoms with Crippen molar-refractivity contribution in [2.75, 3.05) is 4.90 Å². The van der Waals surface area contributed by atoms with E-state index in [1.165, 1.54) is 17.0 Å². The van der Waals surface area contributed by atoms with Gasteiger partial charge in [0.25, 0.3) is 11.7 Å². The minimum absolute atomic E-state index is 0.159. The van der Waals surface area contributed by atoms with Crippen LogP contribution in [0.1, 0.15) is 57.8 Å². The molecule has 2 amide bonds. The highest BCUT2D eigenvalue weighted by molar-refractivity contribution is 6.47. The zero-order valence-electron chi connectivity index (χ0n) is 17.0. The molecule has 2 aliphatic rings. The number of halogens is 2. The number of hydrogen-bond acceptors (Lipinski definition) is 4. The molecule has 0 atom stereocenters. The molecule has 0 unspecified atom stereocenters. The first-order valence-electron chi connectivity index (χ1n) is 10.2. The van der Waals surface area contributed by atoms with Crippen molar-refractivity contribution in [3.05, 3.63) is 51.6 Å². The topological polar surface area (TPSA) is 106 Å². The number of hydrogen-bond donors (Lipinski definition) is 2. The molecule has 0 spiro atoms. The summed E-state index contributed by atoms with van der Waals surface area (Å²) in [6.07, 6.45) is 2.31. The van der Waals surface area contributed by atoms with Gasteiger partial charge < -0.3 is 20.3 Å². The van der Waals surface area contributed by atoms with Gasteiger partial charge in [-0.1, -0.05) is 11.6 Å². The van der Waals surface area contributed by atoms with Gasteiger partial charge in [0, 0.05) is 24.0 Å². The van der Waals surface area contributed by atoms with Crippen LogP contribution < -0.4 is 10.6 Å². The van der Waals surface area contributed by atoms with Gasteiger partial charge in [-0.3, -0.25) is 14.4 Å². The average molecular weight is 448 g/mol. The van der Waals surface area contributed by atoms with E-state index in [0.29, 0.717) is 42.6 Å². The number of fused-ring (bicyclic) bond motifs is 1. The van der Waals surface area contributed by atoms with Crippen LogP contribution in [-0.4, -0.2) is 39.4 Å². The Bertz CT molecular complexity index is 1090. The van der Waals surface area contributed by atoms with Crippen molar-refractivity contribution < 1.29 is 23.9 Å². The Morgan fingerprint density at radius 2 is 1.97 bits per heavy atom. The standard InChI is InChI=1S/C22H23ClFN3O4/c1-11-18(21(25)30)17-4-2-3-7-26(17)19(11)20(29)22(31)27(13-8-14(28)9-13)12-5-6-16(24)15(23)10-12/h5-6,10,13-14,28H,2-4,7-9H2,1H3,(H2,25,30). The summed E-state index contributed by atoms with van der Waals surface area (Å²) in [7, 11) is 0. The Balaban J connectivity index is 1.77. The van der Waals surface area contributed by atoms with Crippen molar-refractivity contribution in [2.24, 2.45) is 5.73 Å². The number of aromatic nitrogens is 1. The monoisotopic (exact) mass is 447 g/mol. The van der Waals surface area contributed by atoms with E-state index in [0.717, 1.165) is 18.9 Å².